The monoisotopic (exact) mass is 323 g/mol. The number of nitrogens with one attached hydrogen (secondary N) is 1. The van der Waals surface area contributed by atoms with Gasteiger partial charge in [-0.2, -0.15) is 0 Å². The van der Waals surface area contributed by atoms with Gasteiger partial charge >= 0.3 is 0 Å². The molecule has 0 saturated heterocycles. The number of hydrogen-bond acceptors (Lipinski definition) is 4. The predicted octanol–water partition coefficient (Wildman–Crippen LogP) is 2.81. The maximum Gasteiger partial charge on any atom is 0.240 e. The third kappa shape index (κ3) is 3.69. The van der Waals surface area contributed by atoms with Crippen molar-refractivity contribution in [1.82, 2.24) is 4.72 Å². The molecule has 120 valence electrons. The molecule has 0 saturated carbocycles. The van der Waals surface area contributed by atoms with Crippen molar-refractivity contribution in [3.63, 3.8) is 0 Å². The number of aryl methyl sites for hydroxylation is 2. The standard InChI is InChI=1S/C16H21NO4S/c1-11-8-15(9-12(2)16(11)20-4)22(18,19)17-13(3)10-14-6-5-7-21-14/h5-9,13,17H,10H2,1-4H3. The van der Waals surface area contributed by atoms with Crippen LogP contribution in [-0.2, 0) is 16.4 Å². The van der Waals surface area contributed by atoms with Gasteiger partial charge in [-0.05, 0) is 56.2 Å². The molecule has 22 heavy (non-hydrogen) atoms. The molecule has 0 spiro atoms. The molecule has 2 rings (SSSR count). The van der Waals surface area contributed by atoms with E-state index in [-0.39, 0.29) is 10.9 Å². The van der Waals surface area contributed by atoms with Crippen molar-refractivity contribution < 1.29 is 17.6 Å². The van der Waals surface area contributed by atoms with E-state index in [1.54, 1.807) is 31.6 Å². The first-order chi connectivity index (χ1) is 10.3. The van der Waals surface area contributed by atoms with Crippen LogP contribution in [0.4, 0.5) is 0 Å². The zero-order chi connectivity index (χ0) is 16.3. The molecule has 0 fully saturated rings. The fourth-order valence-electron chi connectivity index (χ4n) is 2.49. The Morgan fingerprint density at radius 3 is 2.41 bits per heavy atom. The van der Waals surface area contributed by atoms with Crippen LogP contribution in [0.3, 0.4) is 0 Å². The fourth-order valence-corrected chi connectivity index (χ4v) is 3.91. The molecule has 0 aliphatic rings. The van der Waals surface area contributed by atoms with Gasteiger partial charge in [-0.3, -0.25) is 0 Å². The largest absolute Gasteiger partial charge is 0.496 e. The van der Waals surface area contributed by atoms with Crippen LogP contribution in [0.25, 0.3) is 0 Å². The summed E-state index contributed by atoms with van der Waals surface area (Å²) < 4.78 is 38.2. The van der Waals surface area contributed by atoms with Crippen molar-refractivity contribution in [3.8, 4) is 5.75 Å². The van der Waals surface area contributed by atoms with Gasteiger partial charge in [-0.1, -0.05) is 0 Å². The number of hydrogen-bond donors (Lipinski definition) is 1. The van der Waals surface area contributed by atoms with Crippen molar-refractivity contribution in [2.75, 3.05) is 7.11 Å². The van der Waals surface area contributed by atoms with Crippen LogP contribution in [0.2, 0.25) is 0 Å². The van der Waals surface area contributed by atoms with E-state index in [0.29, 0.717) is 12.2 Å². The van der Waals surface area contributed by atoms with Gasteiger partial charge < -0.3 is 9.15 Å². The molecule has 0 amide bonds. The van der Waals surface area contributed by atoms with Crippen molar-refractivity contribution in [1.29, 1.82) is 0 Å². The lowest BCUT2D eigenvalue weighted by molar-refractivity contribution is 0.408. The van der Waals surface area contributed by atoms with Gasteiger partial charge in [-0.25, -0.2) is 13.1 Å². The van der Waals surface area contributed by atoms with E-state index in [9.17, 15) is 8.42 Å². The number of rotatable bonds is 6. The summed E-state index contributed by atoms with van der Waals surface area (Å²) in [6.45, 7) is 5.47. The number of methoxy groups -OCH3 is 1. The summed E-state index contributed by atoms with van der Waals surface area (Å²) in [6.07, 6.45) is 2.08. The topological polar surface area (TPSA) is 68.5 Å². The highest BCUT2D eigenvalue weighted by Gasteiger charge is 2.20. The molecule has 2 aromatic rings. The van der Waals surface area contributed by atoms with Gasteiger partial charge in [0.15, 0.2) is 0 Å². The lowest BCUT2D eigenvalue weighted by Gasteiger charge is -2.15. The van der Waals surface area contributed by atoms with Crippen LogP contribution in [0.15, 0.2) is 39.8 Å². The summed E-state index contributed by atoms with van der Waals surface area (Å²) in [4.78, 5) is 0.245. The minimum absolute atomic E-state index is 0.245. The lowest BCUT2D eigenvalue weighted by atomic mass is 10.1. The van der Waals surface area contributed by atoms with Crippen LogP contribution >= 0.6 is 0 Å². The van der Waals surface area contributed by atoms with Gasteiger partial charge in [0.2, 0.25) is 10.0 Å². The van der Waals surface area contributed by atoms with Crippen molar-refractivity contribution >= 4 is 10.0 Å². The summed E-state index contributed by atoms with van der Waals surface area (Å²) in [6, 6.07) is 6.58. The Balaban J connectivity index is 2.19. The summed E-state index contributed by atoms with van der Waals surface area (Å²) in [7, 11) is -2.00. The SMILES string of the molecule is COc1c(C)cc(S(=O)(=O)NC(C)Cc2ccco2)cc1C. The average molecular weight is 323 g/mol. The van der Waals surface area contributed by atoms with Crippen LogP contribution < -0.4 is 9.46 Å². The molecule has 0 bridgehead atoms. The van der Waals surface area contributed by atoms with E-state index in [1.165, 1.54) is 0 Å². The van der Waals surface area contributed by atoms with Crippen LogP contribution in [-0.4, -0.2) is 21.6 Å². The number of benzene rings is 1. The third-order valence-electron chi connectivity index (χ3n) is 3.39. The normalized spacial score (nSPS) is 13.1. The Labute approximate surface area is 131 Å². The van der Waals surface area contributed by atoms with Gasteiger partial charge in [0.05, 0.1) is 18.3 Å². The molecule has 5 nitrogen and oxygen atoms in total. The van der Waals surface area contributed by atoms with E-state index in [0.717, 1.165) is 16.9 Å². The summed E-state index contributed by atoms with van der Waals surface area (Å²) >= 11 is 0. The highest BCUT2D eigenvalue weighted by molar-refractivity contribution is 7.89. The molecule has 6 heteroatoms. The summed E-state index contributed by atoms with van der Waals surface area (Å²) in [5.41, 5.74) is 1.59. The molecule has 1 atom stereocenters. The maximum absolute atomic E-state index is 12.5. The maximum atomic E-state index is 12.5. The molecule has 1 heterocycles. The van der Waals surface area contributed by atoms with E-state index >= 15 is 0 Å². The fraction of sp³-hybridized carbons (Fsp3) is 0.375. The lowest BCUT2D eigenvalue weighted by Crippen LogP contribution is -2.34. The second-order valence-electron chi connectivity index (χ2n) is 5.40. The third-order valence-corrected chi connectivity index (χ3v) is 4.96. The molecule has 0 radical (unpaired) electrons. The molecule has 1 aromatic carbocycles. The second-order valence-corrected chi connectivity index (χ2v) is 7.11. The molecule has 1 aromatic heterocycles. The van der Waals surface area contributed by atoms with E-state index < -0.39 is 10.0 Å². The minimum atomic E-state index is -3.58. The Morgan fingerprint density at radius 1 is 1.27 bits per heavy atom. The highest BCUT2D eigenvalue weighted by atomic mass is 32.2. The summed E-state index contributed by atoms with van der Waals surface area (Å²) in [5, 5.41) is 0. The smallest absolute Gasteiger partial charge is 0.240 e. The Morgan fingerprint density at radius 2 is 1.91 bits per heavy atom. The zero-order valence-corrected chi connectivity index (χ0v) is 14.0. The predicted molar refractivity (Wildman–Crippen MR) is 84.7 cm³/mol. The van der Waals surface area contributed by atoms with E-state index in [1.807, 2.05) is 26.8 Å². The second kappa shape index (κ2) is 6.54. The Bertz CT molecular complexity index is 713. The highest BCUT2D eigenvalue weighted by Crippen LogP contribution is 2.26. The van der Waals surface area contributed by atoms with Crippen LogP contribution in [0, 0.1) is 13.8 Å². The van der Waals surface area contributed by atoms with Crippen molar-refractivity contribution in [2.24, 2.45) is 0 Å². The van der Waals surface area contributed by atoms with Gasteiger partial charge in [0.1, 0.15) is 11.5 Å². The molecule has 0 aliphatic carbocycles. The van der Waals surface area contributed by atoms with Crippen LogP contribution in [0.1, 0.15) is 23.8 Å². The first-order valence-electron chi connectivity index (χ1n) is 7.03. The van der Waals surface area contributed by atoms with Crippen molar-refractivity contribution in [2.45, 2.75) is 38.1 Å². The molecule has 0 aliphatic heterocycles. The van der Waals surface area contributed by atoms with Crippen LogP contribution in [0.5, 0.6) is 5.75 Å². The van der Waals surface area contributed by atoms with Gasteiger partial charge in [-0.15, -0.1) is 0 Å². The van der Waals surface area contributed by atoms with E-state index in [4.69, 9.17) is 9.15 Å². The first-order valence-corrected chi connectivity index (χ1v) is 8.51. The molecule has 1 N–H and O–H groups in total. The van der Waals surface area contributed by atoms with E-state index in [2.05, 4.69) is 4.72 Å². The zero-order valence-electron chi connectivity index (χ0n) is 13.2. The molecular weight excluding hydrogens is 302 g/mol. The number of furan rings is 1. The Kier molecular flexibility index (Phi) is 4.93. The first kappa shape index (κ1) is 16.6. The minimum Gasteiger partial charge on any atom is -0.496 e. The average Bonchev–Trinajstić information content (AvgIpc) is 2.90. The number of ether oxygens (including phenoxy) is 1. The Hall–Kier alpha value is -1.79. The molecule has 1 unspecified atom stereocenters. The molecular formula is C16H21NO4S. The van der Waals surface area contributed by atoms with Gasteiger partial charge in [0.25, 0.3) is 0 Å². The quantitative estimate of drug-likeness (QED) is 0.887. The summed E-state index contributed by atoms with van der Waals surface area (Å²) in [5.74, 6) is 1.46. The van der Waals surface area contributed by atoms with Gasteiger partial charge in [0, 0.05) is 12.5 Å². The van der Waals surface area contributed by atoms with Crippen molar-refractivity contribution in [3.05, 3.63) is 47.4 Å². The number of sulfonamides is 1.